The Balaban J connectivity index is 2.02. The molecule has 0 aliphatic rings. The molecule has 2 N–H and O–H groups in total. The number of hydrogen-bond donors (Lipinski definition) is 2. The summed E-state index contributed by atoms with van der Waals surface area (Å²) >= 11 is 0. The van der Waals surface area contributed by atoms with Crippen LogP contribution < -0.4 is 10.6 Å². The fraction of sp³-hybridized carbons (Fsp3) is 0.231. The standard InChI is InChI=1S/C13H15N5O4/c1-17-8-15-12(18(20)21)11(17)14-7-9-3-5-10(6-4-9)16-13(19)22-2/h3-6,8,14H,7H2,1-2H3,(H,16,19). The molecule has 1 aromatic heterocycles. The number of imidazole rings is 1. The first-order chi connectivity index (χ1) is 10.5. The molecule has 0 saturated carbocycles. The molecule has 1 amide bonds. The Labute approximate surface area is 126 Å². The number of nitrogens with zero attached hydrogens (tertiary/aromatic N) is 3. The predicted molar refractivity (Wildman–Crippen MR) is 79.7 cm³/mol. The highest BCUT2D eigenvalue weighted by molar-refractivity contribution is 5.84. The van der Waals surface area contributed by atoms with Crippen LogP contribution in [-0.4, -0.2) is 27.7 Å². The number of anilines is 2. The largest absolute Gasteiger partial charge is 0.453 e. The molecule has 1 heterocycles. The van der Waals surface area contributed by atoms with Crippen LogP contribution in [0.2, 0.25) is 0 Å². The lowest BCUT2D eigenvalue weighted by molar-refractivity contribution is -0.388. The van der Waals surface area contributed by atoms with Gasteiger partial charge in [0, 0.05) is 19.3 Å². The van der Waals surface area contributed by atoms with Crippen LogP contribution in [0, 0.1) is 10.1 Å². The third kappa shape index (κ3) is 3.51. The zero-order chi connectivity index (χ0) is 16.1. The first-order valence-electron chi connectivity index (χ1n) is 6.34. The van der Waals surface area contributed by atoms with E-state index in [0.29, 0.717) is 18.1 Å². The predicted octanol–water partition coefficient (Wildman–Crippen LogP) is 2.12. The SMILES string of the molecule is COC(=O)Nc1ccc(CNc2c([N+](=O)[O-])ncn2C)cc1. The maximum absolute atomic E-state index is 11.1. The second-order valence-corrected chi connectivity index (χ2v) is 4.45. The Morgan fingerprint density at radius 3 is 2.68 bits per heavy atom. The molecule has 22 heavy (non-hydrogen) atoms. The minimum atomic E-state index is -0.545. The maximum atomic E-state index is 11.1. The summed E-state index contributed by atoms with van der Waals surface area (Å²) in [4.78, 5) is 25.1. The van der Waals surface area contributed by atoms with Crippen molar-refractivity contribution in [2.75, 3.05) is 17.7 Å². The normalized spacial score (nSPS) is 10.1. The molecule has 2 rings (SSSR count). The van der Waals surface area contributed by atoms with Crippen LogP contribution in [0.3, 0.4) is 0 Å². The van der Waals surface area contributed by atoms with E-state index in [1.807, 2.05) is 0 Å². The highest BCUT2D eigenvalue weighted by Crippen LogP contribution is 2.22. The molecule has 1 aromatic carbocycles. The Morgan fingerprint density at radius 2 is 2.09 bits per heavy atom. The summed E-state index contributed by atoms with van der Waals surface area (Å²) in [5.41, 5.74) is 1.49. The third-order valence-corrected chi connectivity index (χ3v) is 2.94. The molecule has 116 valence electrons. The molecule has 9 heteroatoms. The maximum Gasteiger partial charge on any atom is 0.411 e. The lowest BCUT2D eigenvalue weighted by atomic mass is 10.2. The van der Waals surface area contributed by atoms with Crippen LogP contribution in [0.25, 0.3) is 0 Å². The number of carbonyl (C=O) groups is 1. The second-order valence-electron chi connectivity index (χ2n) is 4.45. The highest BCUT2D eigenvalue weighted by atomic mass is 16.6. The zero-order valence-corrected chi connectivity index (χ0v) is 12.1. The van der Waals surface area contributed by atoms with Gasteiger partial charge in [-0.15, -0.1) is 0 Å². The monoisotopic (exact) mass is 305 g/mol. The zero-order valence-electron chi connectivity index (χ0n) is 12.1. The van der Waals surface area contributed by atoms with E-state index in [0.717, 1.165) is 5.56 Å². The number of nitrogens with one attached hydrogen (secondary N) is 2. The molecule has 9 nitrogen and oxygen atoms in total. The summed E-state index contributed by atoms with van der Waals surface area (Å²) in [6.07, 6.45) is 0.834. The summed E-state index contributed by atoms with van der Waals surface area (Å²) in [6, 6.07) is 7.01. The van der Waals surface area contributed by atoms with Gasteiger partial charge >= 0.3 is 11.9 Å². The van der Waals surface area contributed by atoms with Crippen molar-refractivity contribution in [2.24, 2.45) is 7.05 Å². The summed E-state index contributed by atoms with van der Waals surface area (Å²) in [5, 5.41) is 16.4. The quantitative estimate of drug-likeness (QED) is 0.646. The Morgan fingerprint density at radius 1 is 1.41 bits per heavy atom. The summed E-state index contributed by atoms with van der Waals surface area (Å²) in [6.45, 7) is 0.388. The topological polar surface area (TPSA) is 111 Å². The fourth-order valence-corrected chi connectivity index (χ4v) is 1.82. The molecule has 0 radical (unpaired) electrons. The van der Waals surface area contributed by atoms with Crippen LogP contribution in [0.1, 0.15) is 5.56 Å². The van der Waals surface area contributed by atoms with Gasteiger partial charge in [0.25, 0.3) is 0 Å². The summed E-state index contributed by atoms with van der Waals surface area (Å²) in [5.74, 6) is 0.119. The van der Waals surface area contributed by atoms with E-state index < -0.39 is 11.0 Å². The van der Waals surface area contributed by atoms with E-state index in [2.05, 4.69) is 20.4 Å². The van der Waals surface area contributed by atoms with Crippen molar-refractivity contribution in [1.29, 1.82) is 0 Å². The van der Waals surface area contributed by atoms with Crippen LogP contribution in [-0.2, 0) is 18.3 Å². The minimum Gasteiger partial charge on any atom is -0.453 e. The Hall–Kier alpha value is -3.10. The molecule has 0 spiro atoms. The van der Waals surface area contributed by atoms with Gasteiger partial charge in [0.05, 0.1) is 7.11 Å². The van der Waals surface area contributed by atoms with Gasteiger partial charge in [-0.3, -0.25) is 9.88 Å². The minimum absolute atomic E-state index is 0.216. The van der Waals surface area contributed by atoms with Gasteiger partial charge in [0.15, 0.2) is 0 Å². The van der Waals surface area contributed by atoms with E-state index in [1.54, 1.807) is 35.9 Å². The number of benzene rings is 1. The first kappa shape index (κ1) is 15.3. The summed E-state index contributed by atoms with van der Waals surface area (Å²) < 4.78 is 6.04. The molecule has 0 aliphatic carbocycles. The lowest BCUT2D eigenvalue weighted by Crippen LogP contribution is -2.11. The summed E-state index contributed by atoms with van der Waals surface area (Å²) in [7, 11) is 2.96. The van der Waals surface area contributed by atoms with E-state index in [4.69, 9.17) is 0 Å². The van der Waals surface area contributed by atoms with Gasteiger partial charge in [0.2, 0.25) is 12.1 Å². The number of rotatable bonds is 5. The van der Waals surface area contributed by atoms with Gasteiger partial charge in [-0.25, -0.2) is 4.79 Å². The van der Waals surface area contributed by atoms with Crippen LogP contribution in [0.5, 0.6) is 0 Å². The Kier molecular flexibility index (Phi) is 4.57. The van der Waals surface area contributed by atoms with Crippen molar-refractivity contribution in [3.63, 3.8) is 0 Å². The van der Waals surface area contributed by atoms with Gasteiger partial charge in [-0.1, -0.05) is 12.1 Å². The number of carbonyl (C=O) groups excluding carboxylic acids is 1. The van der Waals surface area contributed by atoms with Crippen LogP contribution >= 0.6 is 0 Å². The van der Waals surface area contributed by atoms with Crippen LogP contribution in [0.4, 0.5) is 22.1 Å². The number of methoxy groups -OCH3 is 1. The Bertz CT molecular complexity index is 680. The average molecular weight is 305 g/mol. The lowest BCUT2D eigenvalue weighted by Gasteiger charge is -2.08. The van der Waals surface area contributed by atoms with Gasteiger partial charge in [-0.2, -0.15) is 0 Å². The van der Waals surface area contributed by atoms with Crippen molar-refractivity contribution >= 4 is 23.4 Å². The van der Waals surface area contributed by atoms with Crippen molar-refractivity contribution < 1.29 is 14.5 Å². The van der Waals surface area contributed by atoms with E-state index in [-0.39, 0.29) is 5.82 Å². The van der Waals surface area contributed by atoms with Crippen molar-refractivity contribution in [3.8, 4) is 0 Å². The molecule has 0 atom stereocenters. The molecular weight excluding hydrogens is 290 g/mol. The van der Waals surface area contributed by atoms with Crippen molar-refractivity contribution in [2.45, 2.75) is 6.54 Å². The fourth-order valence-electron chi connectivity index (χ4n) is 1.82. The highest BCUT2D eigenvalue weighted by Gasteiger charge is 2.19. The van der Waals surface area contributed by atoms with E-state index in [9.17, 15) is 14.9 Å². The number of aromatic nitrogens is 2. The molecule has 2 aromatic rings. The number of aryl methyl sites for hydroxylation is 1. The third-order valence-electron chi connectivity index (χ3n) is 2.94. The van der Waals surface area contributed by atoms with Crippen molar-refractivity contribution in [3.05, 3.63) is 46.3 Å². The molecule has 0 saturated heterocycles. The molecule has 0 aliphatic heterocycles. The molecule has 0 unspecified atom stereocenters. The molecule has 0 bridgehead atoms. The van der Waals surface area contributed by atoms with Gasteiger partial charge in [-0.05, 0) is 27.6 Å². The van der Waals surface area contributed by atoms with Crippen LogP contribution in [0.15, 0.2) is 30.6 Å². The van der Waals surface area contributed by atoms with E-state index >= 15 is 0 Å². The molecular formula is C13H15N5O4. The van der Waals surface area contributed by atoms with Crippen molar-refractivity contribution in [1.82, 2.24) is 9.55 Å². The smallest absolute Gasteiger partial charge is 0.411 e. The van der Waals surface area contributed by atoms with Gasteiger partial charge in [0.1, 0.15) is 0 Å². The van der Waals surface area contributed by atoms with Gasteiger partial charge < -0.3 is 20.2 Å². The number of amides is 1. The van der Waals surface area contributed by atoms with E-state index in [1.165, 1.54) is 13.4 Å². The molecule has 0 fully saturated rings. The average Bonchev–Trinajstić information content (AvgIpc) is 2.87. The second kappa shape index (κ2) is 6.57. The number of ether oxygens (including phenoxy) is 1. The number of nitro groups is 1. The number of hydrogen-bond acceptors (Lipinski definition) is 6. The first-order valence-corrected chi connectivity index (χ1v) is 6.34.